The van der Waals surface area contributed by atoms with Crippen molar-refractivity contribution in [3.8, 4) is 17.6 Å². The second-order valence-electron chi connectivity index (χ2n) is 7.48. The van der Waals surface area contributed by atoms with Crippen LogP contribution in [-0.4, -0.2) is 12.0 Å². The number of halogens is 1. The van der Waals surface area contributed by atoms with Gasteiger partial charge in [-0.05, 0) is 86.5 Å². The lowest BCUT2D eigenvalue weighted by atomic mass is 10.0. The van der Waals surface area contributed by atoms with Crippen LogP contribution in [0.1, 0.15) is 16.7 Å². The third-order valence-corrected chi connectivity index (χ3v) is 6.07. The van der Waals surface area contributed by atoms with Gasteiger partial charge in [-0.2, -0.15) is 5.26 Å². The van der Waals surface area contributed by atoms with E-state index in [-0.39, 0.29) is 5.69 Å². The third kappa shape index (κ3) is 5.18. The lowest BCUT2D eigenvalue weighted by Crippen LogP contribution is -2.00. The van der Waals surface area contributed by atoms with E-state index >= 15 is 0 Å². The monoisotopic (exact) mass is 562 g/mol. The molecule has 0 aliphatic heterocycles. The average Bonchev–Trinajstić information content (AvgIpc) is 2.86. The van der Waals surface area contributed by atoms with E-state index in [4.69, 9.17) is 9.47 Å². The van der Waals surface area contributed by atoms with Crippen LogP contribution in [0.3, 0.4) is 0 Å². The largest absolute Gasteiger partial charge is 0.493 e. The molecule has 0 spiro atoms. The highest BCUT2D eigenvalue weighted by atomic mass is 127. The summed E-state index contributed by atoms with van der Waals surface area (Å²) in [6.07, 6.45) is 1.72. The van der Waals surface area contributed by atoms with Crippen LogP contribution in [0.5, 0.6) is 11.5 Å². The molecule has 0 atom stereocenters. The number of hydrogen-bond acceptors (Lipinski definition) is 5. The fourth-order valence-electron chi connectivity index (χ4n) is 3.56. The number of fused-ring (bicyclic) bond motifs is 1. The molecule has 4 aromatic rings. The minimum atomic E-state index is -0.469. The molecule has 7 heteroatoms. The molecule has 0 unspecified atom stereocenters. The van der Waals surface area contributed by atoms with Crippen molar-refractivity contribution in [2.45, 2.75) is 6.61 Å². The van der Waals surface area contributed by atoms with Gasteiger partial charge in [0.15, 0.2) is 11.5 Å². The summed E-state index contributed by atoms with van der Waals surface area (Å²) in [7, 11) is 1.57. The van der Waals surface area contributed by atoms with Crippen molar-refractivity contribution < 1.29 is 14.4 Å². The summed E-state index contributed by atoms with van der Waals surface area (Å²) in [6, 6.07) is 26.2. The summed E-state index contributed by atoms with van der Waals surface area (Å²) in [6.45, 7) is 0.388. The number of nitrogens with zero attached hydrogens (tertiary/aromatic N) is 2. The number of benzene rings is 4. The summed E-state index contributed by atoms with van der Waals surface area (Å²) in [4.78, 5) is 10.4. The van der Waals surface area contributed by atoms with E-state index < -0.39 is 4.92 Å². The van der Waals surface area contributed by atoms with Crippen molar-refractivity contribution in [3.63, 3.8) is 0 Å². The Morgan fingerprint density at radius 2 is 1.79 bits per heavy atom. The van der Waals surface area contributed by atoms with Crippen LogP contribution in [0.2, 0.25) is 0 Å². The first-order chi connectivity index (χ1) is 16.5. The fourth-order valence-corrected chi connectivity index (χ4v) is 4.34. The van der Waals surface area contributed by atoms with Gasteiger partial charge in [0.05, 0.1) is 27.2 Å². The fraction of sp³-hybridized carbons (Fsp3) is 0.0741. The molecule has 0 amide bonds. The van der Waals surface area contributed by atoms with E-state index in [9.17, 15) is 15.4 Å². The predicted octanol–water partition coefficient (Wildman–Crippen LogP) is 7.00. The Bertz CT molecular complexity index is 1440. The summed E-state index contributed by atoms with van der Waals surface area (Å²) in [5, 5.41) is 22.9. The van der Waals surface area contributed by atoms with Crippen LogP contribution < -0.4 is 9.47 Å². The van der Waals surface area contributed by atoms with E-state index in [0.29, 0.717) is 29.2 Å². The number of non-ortho nitro benzene ring substituents is 1. The first kappa shape index (κ1) is 23.3. The van der Waals surface area contributed by atoms with Crippen LogP contribution in [0.25, 0.3) is 22.4 Å². The average molecular weight is 562 g/mol. The lowest BCUT2D eigenvalue weighted by molar-refractivity contribution is -0.384. The van der Waals surface area contributed by atoms with Gasteiger partial charge in [-0.3, -0.25) is 10.1 Å². The Morgan fingerprint density at radius 3 is 2.47 bits per heavy atom. The third-order valence-electron chi connectivity index (χ3n) is 5.27. The van der Waals surface area contributed by atoms with E-state index in [1.54, 1.807) is 31.4 Å². The van der Waals surface area contributed by atoms with Gasteiger partial charge in [-0.15, -0.1) is 0 Å². The molecule has 0 fully saturated rings. The first-order valence-electron chi connectivity index (χ1n) is 10.3. The topological polar surface area (TPSA) is 85.4 Å². The standard InChI is InChI=1S/C27H19IN2O4/c1-33-26-15-19(13-23(16-29)21-8-10-24(11-9-21)30(31)32)14-25(28)27(26)34-17-18-6-7-20-4-2-3-5-22(20)12-18/h2-15H,17H2,1H3/b23-13-. The molecule has 0 aliphatic rings. The van der Waals surface area contributed by atoms with Crippen LogP contribution in [-0.2, 0) is 6.61 Å². The van der Waals surface area contributed by atoms with Crippen molar-refractivity contribution in [2.24, 2.45) is 0 Å². The molecule has 34 heavy (non-hydrogen) atoms. The number of nitro benzene ring substituents is 1. The molecular weight excluding hydrogens is 543 g/mol. The zero-order valence-corrected chi connectivity index (χ0v) is 20.4. The van der Waals surface area contributed by atoms with Crippen LogP contribution in [0, 0.1) is 25.0 Å². The Kier molecular flexibility index (Phi) is 7.09. The molecule has 0 aliphatic carbocycles. The van der Waals surface area contributed by atoms with Crippen molar-refractivity contribution in [2.75, 3.05) is 7.11 Å². The molecule has 4 aromatic carbocycles. The number of allylic oxidation sites excluding steroid dienone is 1. The smallest absolute Gasteiger partial charge is 0.269 e. The highest BCUT2D eigenvalue weighted by molar-refractivity contribution is 14.1. The highest BCUT2D eigenvalue weighted by Gasteiger charge is 2.13. The number of methoxy groups -OCH3 is 1. The predicted molar refractivity (Wildman–Crippen MR) is 141 cm³/mol. The van der Waals surface area contributed by atoms with Gasteiger partial charge in [0.1, 0.15) is 6.61 Å². The van der Waals surface area contributed by atoms with Gasteiger partial charge in [-0.1, -0.05) is 36.4 Å². The van der Waals surface area contributed by atoms with Crippen LogP contribution in [0.15, 0.2) is 78.9 Å². The van der Waals surface area contributed by atoms with Crippen molar-refractivity contribution in [1.29, 1.82) is 5.26 Å². The van der Waals surface area contributed by atoms with Crippen LogP contribution in [0.4, 0.5) is 5.69 Å². The number of nitro groups is 1. The minimum absolute atomic E-state index is 0.0230. The molecular formula is C27H19IN2O4. The number of ether oxygens (including phenoxy) is 2. The van der Waals surface area contributed by atoms with Crippen molar-refractivity contribution in [1.82, 2.24) is 0 Å². The number of nitriles is 1. The molecule has 0 saturated heterocycles. The van der Waals surface area contributed by atoms with Gasteiger partial charge in [-0.25, -0.2) is 0 Å². The Hall–Kier alpha value is -3.90. The molecule has 168 valence electrons. The van der Waals surface area contributed by atoms with Gasteiger partial charge in [0.2, 0.25) is 0 Å². The normalized spacial score (nSPS) is 11.1. The van der Waals surface area contributed by atoms with Crippen molar-refractivity contribution in [3.05, 3.63) is 109 Å². The maximum atomic E-state index is 10.9. The lowest BCUT2D eigenvalue weighted by Gasteiger charge is -2.14. The van der Waals surface area contributed by atoms with E-state index in [1.807, 2.05) is 24.3 Å². The summed E-state index contributed by atoms with van der Waals surface area (Å²) in [5.41, 5.74) is 2.76. The molecule has 0 N–H and O–H groups in total. The molecule has 6 nitrogen and oxygen atoms in total. The number of hydrogen-bond donors (Lipinski definition) is 0. The SMILES string of the molecule is COc1cc(/C=C(/C#N)c2ccc([N+](=O)[O-])cc2)cc(I)c1OCc1ccc2ccccc2c1. The van der Waals surface area contributed by atoms with Crippen molar-refractivity contribution >= 4 is 50.7 Å². The molecule has 0 heterocycles. The molecule has 0 radical (unpaired) electrons. The van der Waals surface area contributed by atoms with E-state index in [2.05, 4.69) is 52.9 Å². The summed E-state index contributed by atoms with van der Waals surface area (Å²) < 4.78 is 12.5. The second-order valence-corrected chi connectivity index (χ2v) is 8.64. The van der Waals surface area contributed by atoms with E-state index in [1.165, 1.54) is 17.5 Å². The summed E-state index contributed by atoms with van der Waals surface area (Å²) in [5.74, 6) is 1.18. The zero-order valence-electron chi connectivity index (χ0n) is 18.2. The Labute approximate surface area is 210 Å². The molecule has 0 bridgehead atoms. The van der Waals surface area contributed by atoms with Gasteiger partial charge >= 0.3 is 0 Å². The second kappa shape index (κ2) is 10.4. The van der Waals surface area contributed by atoms with Crippen LogP contribution >= 0.6 is 22.6 Å². The molecule has 0 aromatic heterocycles. The molecule has 0 saturated carbocycles. The Balaban J connectivity index is 1.59. The first-order valence-corrected chi connectivity index (χ1v) is 11.4. The Morgan fingerprint density at radius 1 is 1.06 bits per heavy atom. The van der Waals surface area contributed by atoms with Gasteiger partial charge in [0, 0.05) is 12.1 Å². The minimum Gasteiger partial charge on any atom is -0.493 e. The van der Waals surface area contributed by atoms with Gasteiger partial charge < -0.3 is 9.47 Å². The highest BCUT2D eigenvalue weighted by Crippen LogP contribution is 2.36. The van der Waals surface area contributed by atoms with E-state index in [0.717, 1.165) is 20.1 Å². The van der Waals surface area contributed by atoms with Gasteiger partial charge in [0.25, 0.3) is 5.69 Å². The maximum Gasteiger partial charge on any atom is 0.269 e. The maximum absolute atomic E-state index is 10.9. The number of rotatable bonds is 7. The summed E-state index contributed by atoms with van der Waals surface area (Å²) >= 11 is 2.18. The zero-order chi connectivity index (χ0) is 24.1. The quantitative estimate of drug-likeness (QED) is 0.0796. The molecule has 4 rings (SSSR count).